The summed E-state index contributed by atoms with van der Waals surface area (Å²) in [5, 5.41) is 0. The Morgan fingerprint density at radius 2 is 2.31 bits per heavy atom. The average molecular weight is 288 g/mol. The molecule has 0 saturated carbocycles. The fourth-order valence-corrected chi connectivity index (χ4v) is 1.65. The maximum absolute atomic E-state index is 11.2. The van der Waals surface area contributed by atoms with E-state index in [-0.39, 0.29) is 5.97 Å². The Kier molecular flexibility index (Phi) is 5.25. The van der Waals surface area contributed by atoms with Gasteiger partial charge in [-0.25, -0.2) is 4.98 Å². The molecule has 0 aliphatic carbocycles. The van der Waals surface area contributed by atoms with E-state index < -0.39 is 0 Å². The highest BCUT2D eigenvalue weighted by atomic mass is 79.9. The third-order valence-corrected chi connectivity index (χ3v) is 2.74. The predicted molar refractivity (Wildman–Crippen MR) is 63.4 cm³/mol. The molecule has 0 bridgehead atoms. The van der Waals surface area contributed by atoms with E-state index in [4.69, 9.17) is 9.47 Å². The SMILES string of the molecule is CCOC(=O)CCc1cc(OC)ncc1Br. The molecular formula is C11H14BrNO3. The fourth-order valence-electron chi connectivity index (χ4n) is 1.23. The lowest BCUT2D eigenvalue weighted by molar-refractivity contribution is -0.143. The minimum Gasteiger partial charge on any atom is -0.481 e. The van der Waals surface area contributed by atoms with E-state index in [0.29, 0.717) is 25.3 Å². The van der Waals surface area contributed by atoms with Gasteiger partial charge in [-0.15, -0.1) is 0 Å². The van der Waals surface area contributed by atoms with Crippen LogP contribution in [0.3, 0.4) is 0 Å². The molecule has 1 aromatic rings. The lowest BCUT2D eigenvalue weighted by atomic mass is 10.1. The number of nitrogens with zero attached hydrogens (tertiary/aromatic N) is 1. The molecule has 5 heteroatoms. The number of aromatic nitrogens is 1. The van der Waals surface area contributed by atoms with Gasteiger partial charge in [0.1, 0.15) is 0 Å². The van der Waals surface area contributed by atoms with Crippen LogP contribution in [-0.2, 0) is 16.0 Å². The molecule has 16 heavy (non-hydrogen) atoms. The molecule has 0 N–H and O–H groups in total. The van der Waals surface area contributed by atoms with Crippen LogP contribution in [0.5, 0.6) is 5.88 Å². The van der Waals surface area contributed by atoms with Gasteiger partial charge in [0.2, 0.25) is 5.88 Å². The minimum atomic E-state index is -0.190. The molecule has 0 atom stereocenters. The summed E-state index contributed by atoms with van der Waals surface area (Å²) in [7, 11) is 1.56. The number of rotatable bonds is 5. The van der Waals surface area contributed by atoms with Gasteiger partial charge in [0.05, 0.1) is 13.7 Å². The van der Waals surface area contributed by atoms with Crippen LogP contribution in [-0.4, -0.2) is 24.7 Å². The Balaban J connectivity index is 2.62. The van der Waals surface area contributed by atoms with Crippen LogP contribution in [0.1, 0.15) is 18.9 Å². The molecule has 1 aromatic heterocycles. The average Bonchev–Trinajstić information content (AvgIpc) is 2.28. The normalized spacial score (nSPS) is 9.94. The van der Waals surface area contributed by atoms with Crippen LogP contribution in [0.4, 0.5) is 0 Å². The summed E-state index contributed by atoms with van der Waals surface area (Å²) in [6, 6.07) is 1.81. The molecule has 1 rings (SSSR count). The van der Waals surface area contributed by atoms with Crippen LogP contribution >= 0.6 is 15.9 Å². The van der Waals surface area contributed by atoms with Gasteiger partial charge in [0, 0.05) is 23.2 Å². The molecule has 0 radical (unpaired) electrons. The Morgan fingerprint density at radius 3 is 2.94 bits per heavy atom. The molecule has 88 valence electrons. The maximum Gasteiger partial charge on any atom is 0.306 e. The first-order chi connectivity index (χ1) is 7.67. The third kappa shape index (κ3) is 3.81. The van der Waals surface area contributed by atoms with Gasteiger partial charge in [-0.05, 0) is 34.8 Å². The zero-order valence-corrected chi connectivity index (χ0v) is 10.9. The highest BCUT2D eigenvalue weighted by molar-refractivity contribution is 9.10. The maximum atomic E-state index is 11.2. The first-order valence-corrected chi connectivity index (χ1v) is 5.80. The molecule has 1 heterocycles. The summed E-state index contributed by atoms with van der Waals surface area (Å²) in [5.74, 6) is 0.354. The van der Waals surface area contributed by atoms with E-state index in [0.717, 1.165) is 10.0 Å². The van der Waals surface area contributed by atoms with Gasteiger partial charge in [0.15, 0.2) is 0 Å². The summed E-state index contributed by atoms with van der Waals surface area (Å²) < 4.78 is 10.7. The van der Waals surface area contributed by atoms with Crippen molar-refractivity contribution in [3.63, 3.8) is 0 Å². The van der Waals surface area contributed by atoms with E-state index in [9.17, 15) is 4.79 Å². The van der Waals surface area contributed by atoms with Crippen molar-refractivity contribution in [2.24, 2.45) is 0 Å². The van der Waals surface area contributed by atoms with Crippen molar-refractivity contribution in [1.29, 1.82) is 0 Å². The van der Waals surface area contributed by atoms with Gasteiger partial charge in [-0.3, -0.25) is 4.79 Å². The van der Waals surface area contributed by atoms with Crippen molar-refractivity contribution >= 4 is 21.9 Å². The number of methoxy groups -OCH3 is 1. The van der Waals surface area contributed by atoms with Crippen molar-refractivity contribution in [3.05, 3.63) is 22.3 Å². The molecule has 0 spiro atoms. The first-order valence-electron chi connectivity index (χ1n) is 5.01. The molecule has 0 aliphatic rings. The Labute approximate surface area is 103 Å². The second kappa shape index (κ2) is 6.48. The number of carbonyl (C=O) groups is 1. The topological polar surface area (TPSA) is 48.4 Å². The number of aryl methyl sites for hydroxylation is 1. The van der Waals surface area contributed by atoms with Crippen LogP contribution in [0.15, 0.2) is 16.7 Å². The highest BCUT2D eigenvalue weighted by Crippen LogP contribution is 2.21. The lowest BCUT2D eigenvalue weighted by Gasteiger charge is -2.06. The zero-order valence-electron chi connectivity index (χ0n) is 9.33. The molecule has 0 amide bonds. The number of hydrogen-bond donors (Lipinski definition) is 0. The number of hydrogen-bond acceptors (Lipinski definition) is 4. The van der Waals surface area contributed by atoms with Gasteiger partial charge in [-0.2, -0.15) is 0 Å². The van der Waals surface area contributed by atoms with E-state index in [1.54, 1.807) is 20.2 Å². The minimum absolute atomic E-state index is 0.190. The molecule has 0 aliphatic heterocycles. The second-order valence-electron chi connectivity index (χ2n) is 3.12. The lowest BCUT2D eigenvalue weighted by Crippen LogP contribution is -2.05. The monoisotopic (exact) mass is 287 g/mol. The summed E-state index contributed by atoms with van der Waals surface area (Å²) >= 11 is 3.38. The third-order valence-electron chi connectivity index (χ3n) is 2.02. The van der Waals surface area contributed by atoms with Gasteiger partial charge in [-0.1, -0.05) is 0 Å². The van der Waals surface area contributed by atoms with Crippen LogP contribution in [0.25, 0.3) is 0 Å². The van der Waals surface area contributed by atoms with E-state index in [1.165, 1.54) is 0 Å². The predicted octanol–water partition coefficient (Wildman–Crippen LogP) is 2.35. The van der Waals surface area contributed by atoms with Crippen LogP contribution in [0, 0.1) is 0 Å². The Morgan fingerprint density at radius 1 is 1.56 bits per heavy atom. The standard InChI is InChI=1S/C11H14BrNO3/c1-3-16-11(14)5-4-8-6-10(15-2)13-7-9(8)12/h6-7H,3-5H2,1-2H3. The first kappa shape index (κ1) is 13.0. The van der Waals surface area contributed by atoms with E-state index in [2.05, 4.69) is 20.9 Å². The summed E-state index contributed by atoms with van der Waals surface area (Å²) in [6.07, 6.45) is 2.64. The van der Waals surface area contributed by atoms with Crippen molar-refractivity contribution in [1.82, 2.24) is 4.98 Å². The van der Waals surface area contributed by atoms with Crippen molar-refractivity contribution in [3.8, 4) is 5.88 Å². The molecule has 0 unspecified atom stereocenters. The smallest absolute Gasteiger partial charge is 0.306 e. The number of halogens is 1. The fraction of sp³-hybridized carbons (Fsp3) is 0.455. The largest absolute Gasteiger partial charge is 0.481 e. The quantitative estimate of drug-likeness (QED) is 0.780. The molecule has 4 nitrogen and oxygen atoms in total. The Bertz CT molecular complexity index is 368. The van der Waals surface area contributed by atoms with Crippen molar-refractivity contribution in [2.75, 3.05) is 13.7 Å². The van der Waals surface area contributed by atoms with E-state index in [1.807, 2.05) is 6.07 Å². The second-order valence-corrected chi connectivity index (χ2v) is 3.98. The van der Waals surface area contributed by atoms with Crippen molar-refractivity contribution < 1.29 is 14.3 Å². The summed E-state index contributed by atoms with van der Waals surface area (Å²) in [6.45, 7) is 2.21. The molecule has 0 aromatic carbocycles. The number of carbonyl (C=O) groups excluding carboxylic acids is 1. The van der Waals surface area contributed by atoms with Gasteiger partial charge in [0.25, 0.3) is 0 Å². The summed E-state index contributed by atoms with van der Waals surface area (Å²) in [4.78, 5) is 15.2. The van der Waals surface area contributed by atoms with Gasteiger partial charge >= 0.3 is 5.97 Å². The van der Waals surface area contributed by atoms with Crippen LogP contribution in [0.2, 0.25) is 0 Å². The number of ether oxygens (including phenoxy) is 2. The number of esters is 1. The van der Waals surface area contributed by atoms with E-state index >= 15 is 0 Å². The van der Waals surface area contributed by atoms with Crippen molar-refractivity contribution in [2.45, 2.75) is 19.8 Å². The Hall–Kier alpha value is -1.10. The summed E-state index contributed by atoms with van der Waals surface area (Å²) in [5.41, 5.74) is 0.986. The van der Waals surface area contributed by atoms with Crippen LogP contribution < -0.4 is 4.74 Å². The molecule has 0 saturated heterocycles. The molecule has 0 fully saturated rings. The van der Waals surface area contributed by atoms with Gasteiger partial charge < -0.3 is 9.47 Å². The highest BCUT2D eigenvalue weighted by Gasteiger charge is 2.07. The zero-order chi connectivity index (χ0) is 12.0. The molecular weight excluding hydrogens is 274 g/mol. The number of pyridine rings is 1.